The number of hydrogen-bond acceptors (Lipinski definition) is 6. The van der Waals surface area contributed by atoms with Crippen LogP contribution in [0.2, 0.25) is 0 Å². The highest BCUT2D eigenvalue weighted by Gasteiger charge is 2.30. The molecule has 2 aromatic rings. The Kier molecular flexibility index (Phi) is 6.68. The van der Waals surface area contributed by atoms with Gasteiger partial charge in [0, 0.05) is 18.7 Å². The standard InChI is InChI=1S/C19H15IN2O4S2/c1-2-21-18(23)17(28-19(21)27)10-13-5-8-16(15(20)9-13)26-11-12-3-6-14(7-4-12)22(24)25/h3-10H,2,11H2,1H3/b17-10-. The molecule has 0 atom stereocenters. The van der Waals surface area contributed by atoms with Crippen molar-refractivity contribution in [2.45, 2.75) is 13.5 Å². The summed E-state index contributed by atoms with van der Waals surface area (Å²) < 4.78 is 7.30. The molecule has 0 bridgehead atoms. The van der Waals surface area contributed by atoms with Gasteiger partial charge in [0.05, 0.1) is 13.4 Å². The zero-order valence-corrected chi connectivity index (χ0v) is 18.5. The average molecular weight is 526 g/mol. The van der Waals surface area contributed by atoms with Gasteiger partial charge < -0.3 is 4.74 Å². The van der Waals surface area contributed by atoms with E-state index < -0.39 is 4.92 Å². The number of rotatable bonds is 6. The molecule has 0 aromatic heterocycles. The second kappa shape index (κ2) is 9.01. The molecule has 0 aliphatic carbocycles. The largest absolute Gasteiger partial charge is 0.488 e. The number of likely N-dealkylation sites (N-methyl/N-ethyl adjacent to an activating group) is 1. The number of nitro benzene ring substituents is 1. The minimum atomic E-state index is -0.430. The highest BCUT2D eigenvalue weighted by Crippen LogP contribution is 2.33. The first-order valence-electron chi connectivity index (χ1n) is 8.30. The van der Waals surface area contributed by atoms with E-state index in [9.17, 15) is 14.9 Å². The third-order valence-corrected chi connectivity index (χ3v) is 6.21. The van der Waals surface area contributed by atoms with Gasteiger partial charge in [0.1, 0.15) is 16.7 Å². The number of nitrogens with zero attached hydrogens (tertiary/aromatic N) is 2. The normalized spacial score (nSPS) is 15.4. The van der Waals surface area contributed by atoms with Gasteiger partial charge in [0.2, 0.25) is 0 Å². The van der Waals surface area contributed by atoms with Crippen LogP contribution < -0.4 is 4.74 Å². The molecule has 1 saturated heterocycles. The van der Waals surface area contributed by atoms with E-state index in [0.717, 1.165) is 14.7 Å². The molecular formula is C19H15IN2O4S2. The number of nitro groups is 1. The maximum atomic E-state index is 12.3. The topological polar surface area (TPSA) is 72.7 Å². The Labute approximate surface area is 185 Å². The Morgan fingerprint density at radius 2 is 2.00 bits per heavy atom. The van der Waals surface area contributed by atoms with Crippen molar-refractivity contribution in [3.8, 4) is 5.75 Å². The monoisotopic (exact) mass is 526 g/mol. The van der Waals surface area contributed by atoms with Crippen molar-refractivity contribution in [1.82, 2.24) is 4.90 Å². The summed E-state index contributed by atoms with van der Waals surface area (Å²) in [5.74, 6) is 0.642. The van der Waals surface area contributed by atoms with Gasteiger partial charge >= 0.3 is 0 Å². The number of thiocarbonyl (C=S) groups is 1. The minimum absolute atomic E-state index is 0.0520. The number of carbonyl (C=O) groups excluding carboxylic acids is 1. The number of amides is 1. The number of hydrogen-bond donors (Lipinski definition) is 0. The van der Waals surface area contributed by atoms with Crippen molar-refractivity contribution in [2.24, 2.45) is 0 Å². The van der Waals surface area contributed by atoms with Crippen molar-refractivity contribution in [1.29, 1.82) is 0 Å². The van der Waals surface area contributed by atoms with E-state index in [1.807, 2.05) is 31.2 Å². The molecule has 1 amide bonds. The summed E-state index contributed by atoms with van der Waals surface area (Å²) in [7, 11) is 0. The maximum absolute atomic E-state index is 12.3. The molecular weight excluding hydrogens is 511 g/mol. The van der Waals surface area contributed by atoms with Crippen molar-refractivity contribution >= 4 is 68.6 Å². The smallest absolute Gasteiger partial charge is 0.269 e. The number of carbonyl (C=O) groups is 1. The third-order valence-electron chi connectivity index (χ3n) is 3.99. The van der Waals surface area contributed by atoms with Crippen LogP contribution in [0.25, 0.3) is 6.08 Å². The fraction of sp³-hybridized carbons (Fsp3) is 0.158. The van der Waals surface area contributed by atoms with Gasteiger partial charge in [-0.25, -0.2) is 0 Å². The predicted molar refractivity (Wildman–Crippen MR) is 122 cm³/mol. The molecule has 0 unspecified atom stereocenters. The lowest BCUT2D eigenvalue weighted by Gasteiger charge is -2.10. The van der Waals surface area contributed by atoms with Crippen LogP contribution in [-0.2, 0) is 11.4 Å². The maximum Gasteiger partial charge on any atom is 0.269 e. The Morgan fingerprint density at radius 3 is 2.57 bits per heavy atom. The van der Waals surface area contributed by atoms with Gasteiger partial charge in [-0.05, 0) is 71.0 Å². The first-order valence-corrected chi connectivity index (χ1v) is 10.6. The number of ether oxygens (including phenoxy) is 1. The quantitative estimate of drug-likeness (QED) is 0.174. The predicted octanol–water partition coefficient (Wildman–Crippen LogP) is 5.00. The summed E-state index contributed by atoms with van der Waals surface area (Å²) >= 11 is 8.72. The number of non-ortho nitro benzene ring substituents is 1. The highest BCUT2D eigenvalue weighted by atomic mass is 127. The van der Waals surface area contributed by atoms with E-state index in [-0.39, 0.29) is 11.6 Å². The fourth-order valence-corrected chi connectivity index (χ4v) is 4.60. The summed E-state index contributed by atoms with van der Waals surface area (Å²) in [6, 6.07) is 11.9. The van der Waals surface area contributed by atoms with Crippen LogP contribution in [0.4, 0.5) is 5.69 Å². The highest BCUT2D eigenvalue weighted by molar-refractivity contribution is 14.1. The second-order valence-corrected chi connectivity index (χ2v) is 8.67. The zero-order chi connectivity index (χ0) is 20.3. The SMILES string of the molecule is CCN1C(=O)/C(=C/c2ccc(OCc3ccc([N+](=O)[O-])cc3)c(I)c2)SC1=S. The van der Waals surface area contributed by atoms with Gasteiger partial charge in [-0.15, -0.1) is 0 Å². The van der Waals surface area contributed by atoms with Crippen LogP contribution in [0.1, 0.15) is 18.1 Å². The fourth-order valence-electron chi connectivity index (χ4n) is 2.52. The van der Waals surface area contributed by atoms with Crippen molar-refractivity contribution in [3.05, 3.63) is 72.2 Å². The van der Waals surface area contributed by atoms with Crippen LogP contribution in [0.15, 0.2) is 47.4 Å². The first kappa shape index (κ1) is 20.7. The lowest BCUT2D eigenvalue weighted by atomic mass is 10.2. The third kappa shape index (κ3) is 4.70. The molecule has 0 N–H and O–H groups in total. The second-order valence-electron chi connectivity index (χ2n) is 5.83. The van der Waals surface area contributed by atoms with E-state index >= 15 is 0 Å². The van der Waals surface area contributed by atoms with Crippen molar-refractivity contribution < 1.29 is 14.5 Å². The van der Waals surface area contributed by atoms with Crippen LogP contribution in [0, 0.1) is 13.7 Å². The van der Waals surface area contributed by atoms with E-state index in [1.54, 1.807) is 17.0 Å². The molecule has 1 aliphatic heterocycles. The summed E-state index contributed by atoms with van der Waals surface area (Å²) in [6.45, 7) is 2.77. The summed E-state index contributed by atoms with van der Waals surface area (Å²) in [5.41, 5.74) is 1.79. The van der Waals surface area contributed by atoms with E-state index in [4.69, 9.17) is 17.0 Å². The van der Waals surface area contributed by atoms with Crippen molar-refractivity contribution in [2.75, 3.05) is 6.54 Å². The lowest BCUT2D eigenvalue weighted by molar-refractivity contribution is -0.384. The number of halogens is 1. The Morgan fingerprint density at radius 1 is 1.29 bits per heavy atom. The van der Waals surface area contributed by atoms with Gasteiger partial charge in [-0.3, -0.25) is 19.8 Å². The molecule has 1 fully saturated rings. The molecule has 9 heteroatoms. The number of benzene rings is 2. The van der Waals surface area contributed by atoms with Crippen molar-refractivity contribution in [3.63, 3.8) is 0 Å². The Bertz CT molecular complexity index is 976. The Balaban J connectivity index is 1.69. The molecule has 6 nitrogen and oxygen atoms in total. The van der Waals surface area contributed by atoms with Crippen LogP contribution in [0.5, 0.6) is 5.75 Å². The number of thioether (sulfide) groups is 1. The molecule has 0 radical (unpaired) electrons. The van der Waals surface area contributed by atoms with E-state index in [2.05, 4.69) is 22.6 Å². The van der Waals surface area contributed by atoms with Gasteiger partial charge in [-0.1, -0.05) is 30.0 Å². The summed E-state index contributed by atoms with van der Waals surface area (Å²) in [6.07, 6.45) is 1.83. The molecule has 1 aliphatic rings. The molecule has 28 heavy (non-hydrogen) atoms. The molecule has 3 rings (SSSR count). The minimum Gasteiger partial charge on any atom is -0.488 e. The van der Waals surface area contributed by atoms with E-state index in [1.165, 1.54) is 23.9 Å². The van der Waals surface area contributed by atoms with Gasteiger partial charge in [0.25, 0.3) is 11.6 Å². The zero-order valence-electron chi connectivity index (χ0n) is 14.8. The summed E-state index contributed by atoms with van der Waals surface area (Å²) in [5, 5.41) is 10.7. The molecule has 144 valence electrons. The van der Waals surface area contributed by atoms with Crippen LogP contribution in [-0.4, -0.2) is 26.6 Å². The molecule has 0 spiro atoms. The molecule has 0 saturated carbocycles. The van der Waals surface area contributed by atoms with Gasteiger partial charge in [0.15, 0.2) is 0 Å². The van der Waals surface area contributed by atoms with Crippen LogP contribution in [0.3, 0.4) is 0 Å². The first-order chi connectivity index (χ1) is 13.4. The summed E-state index contributed by atoms with van der Waals surface area (Å²) in [4.78, 5) is 24.8. The lowest BCUT2D eigenvalue weighted by Crippen LogP contribution is -2.27. The molecule has 2 aromatic carbocycles. The molecule has 1 heterocycles. The average Bonchev–Trinajstić information content (AvgIpc) is 2.94. The van der Waals surface area contributed by atoms with E-state index in [0.29, 0.717) is 28.1 Å². The van der Waals surface area contributed by atoms with Crippen LogP contribution >= 0.6 is 46.6 Å². The Hall–Kier alpha value is -1.98. The van der Waals surface area contributed by atoms with Gasteiger partial charge in [-0.2, -0.15) is 0 Å².